The van der Waals surface area contributed by atoms with Gasteiger partial charge in [0.05, 0.1) is 17.3 Å². The first-order valence-corrected chi connectivity index (χ1v) is 4.59. The molecule has 2 rings (SSSR count). The minimum absolute atomic E-state index is 0.0775. The first kappa shape index (κ1) is 10.4. The molecule has 0 unspecified atom stereocenters. The van der Waals surface area contributed by atoms with Crippen LogP contribution in [0.4, 0.5) is 13.2 Å². The summed E-state index contributed by atoms with van der Waals surface area (Å²) in [6, 6.07) is 1.42. The number of nitrogens with one attached hydrogen (secondary N) is 1. The fourth-order valence-electron chi connectivity index (χ4n) is 1.56. The smallest absolute Gasteiger partial charge is 0.278 e. The van der Waals surface area contributed by atoms with Crippen LogP contribution in [-0.4, -0.2) is 10.2 Å². The number of aromatic amines is 1. The number of aromatic nitrogens is 2. The average Bonchev–Trinajstić information content (AvgIpc) is 2.48. The van der Waals surface area contributed by atoms with Crippen molar-refractivity contribution >= 4 is 23.5 Å². The van der Waals surface area contributed by atoms with Gasteiger partial charge in [-0.05, 0) is 18.6 Å². The average molecular weight is 232 g/mol. The number of aryl methyl sites for hydroxylation is 1. The van der Waals surface area contributed by atoms with Crippen LogP contribution in [0.2, 0.25) is 0 Å². The molecule has 0 atom stereocenters. The van der Waals surface area contributed by atoms with Gasteiger partial charge in [-0.15, -0.1) is 12.6 Å². The maximum atomic E-state index is 12.7. The second-order valence-electron chi connectivity index (χ2n) is 3.25. The molecular formula is C9H7F3N2S. The van der Waals surface area contributed by atoms with Crippen LogP contribution < -0.4 is 0 Å². The van der Waals surface area contributed by atoms with Crippen LogP contribution in [0.1, 0.15) is 11.1 Å². The van der Waals surface area contributed by atoms with Gasteiger partial charge in [-0.3, -0.25) is 5.10 Å². The van der Waals surface area contributed by atoms with Gasteiger partial charge >= 0.3 is 6.18 Å². The van der Waals surface area contributed by atoms with E-state index in [0.717, 1.165) is 0 Å². The highest BCUT2D eigenvalue weighted by atomic mass is 32.1. The lowest BCUT2D eigenvalue weighted by Crippen LogP contribution is -2.08. The van der Waals surface area contributed by atoms with Crippen molar-refractivity contribution in [1.29, 1.82) is 0 Å². The second-order valence-corrected chi connectivity index (χ2v) is 3.69. The molecule has 0 bridgehead atoms. The number of nitrogens with zero attached hydrogens (tertiary/aromatic N) is 1. The lowest BCUT2D eigenvalue weighted by atomic mass is 10.1. The molecule has 0 aliphatic heterocycles. The Bertz CT molecular complexity index is 516. The van der Waals surface area contributed by atoms with Gasteiger partial charge < -0.3 is 0 Å². The second kappa shape index (κ2) is 3.16. The van der Waals surface area contributed by atoms with Crippen LogP contribution in [0, 0.1) is 6.92 Å². The van der Waals surface area contributed by atoms with Crippen LogP contribution >= 0.6 is 12.6 Å². The third-order valence-electron chi connectivity index (χ3n) is 2.20. The van der Waals surface area contributed by atoms with Gasteiger partial charge in [0.25, 0.3) is 0 Å². The zero-order chi connectivity index (χ0) is 11.2. The fraction of sp³-hybridized carbons (Fsp3) is 0.222. The quantitative estimate of drug-likeness (QED) is 0.671. The zero-order valence-corrected chi connectivity index (χ0v) is 8.58. The third kappa shape index (κ3) is 1.58. The Hall–Kier alpha value is -1.17. The van der Waals surface area contributed by atoms with E-state index in [9.17, 15) is 13.2 Å². The molecular weight excluding hydrogens is 225 g/mol. The number of hydrogen-bond donors (Lipinski definition) is 2. The highest BCUT2D eigenvalue weighted by Crippen LogP contribution is 2.39. The summed E-state index contributed by atoms with van der Waals surface area (Å²) in [6.45, 7) is 1.41. The summed E-state index contributed by atoms with van der Waals surface area (Å²) in [7, 11) is 0. The van der Waals surface area contributed by atoms with Gasteiger partial charge in [-0.25, -0.2) is 0 Å². The number of alkyl halides is 3. The molecule has 15 heavy (non-hydrogen) atoms. The molecule has 0 spiro atoms. The van der Waals surface area contributed by atoms with Gasteiger partial charge in [0.2, 0.25) is 0 Å². The predicted molar refractivity (Wildman–Crippen MR) is 53.1 cm³/mol. The Kier molecular flexibility index (Phi) is 2.18. The number of fused-ring (bicyclic) bond motifs is 1. The normalized spacial score (nSPS) is 12.3. The summed E-state index contributed by atoms with van der Waals surface area (Å²) in [5, 5.41) is 6.68. The Morgan fingerprint density at radius 2 is 2.07 bits per heavy atom. The van der Waals surface area contributed by atoms with Crippen LogP contribution in [0.25, 0.3) is 10.9 Å². The monoisotopic (exact) mass is 232 g/mol. The minimum Gasteiger partial charge on any atom is -0.278 e. The number of halogens is 3. The lowest BCUT2D eigenvalue weighted by Gasteiger charge is -2.13. The number of thiol groups is 1. The number of rotatable bonds is 0. The maximum Gasteiger partial charge on any atom is 0.417 e. The van der Waals surface area contributed by atoms with Crippen molar-refractivity contribution < 1.29 is 13.2 Å². The topological polar surface area (TPSA) is 28.7 Å². The Labute approximate surface area is 88.9 Å². The largest absolute Gasteiger partial charge is 0.417 e. The molecule has 2 nitrogen and oxygen atoms in total. The molecule has 0 saturated carbocycles. The molecule has 6 heteroatoms. The van der Waals surface area contributed by atoms with Crippen molar-refractivity contribution in [2.24, 2.45) is 0 Å². The molecule has 0 radical (unpaired) electrons. The molecule has 0 fully saturated rings. The molecule has 2 aromatic rings. The van der Waals surface area contributed by atoms with E-state index < -0.39 is 11.7 Å². The predicted octanol–water partition coefficient (Wildman–Crippen LogP) is 3.18. The minimum atomic E-state index is -4.38. The standard InChI is InChI=1S/C9H7F3N2S/c1-4-2-6-5(3-13-14-6)8(15)7(4)9(10,11)12/h2-3,15H,1H3,(H,13,14). The molecule has 1 aromatic heterocycles. The Morgan fingerprint density at radius 3 is 2.67 bits per heavy atom. The molecule has 1 heterocycles. The summed E-state index contributed by atoms with van der Waals surface area (Å²) in [4.78, 5) is -0.0775. The first-order chi connectivity index (χ1) is 6.91. The van der Waals surface area contributed by atoms with Crippen LogP contribution in [0.5, 0.6) is 0 Å². The van der Waals surface area contributed by atoms with Crippen molar-refractivity contribution in [1.82, 2.24) is 10.2 Å². The van der Waals surface area contributed by atoms with Crippen molar-refractivity contribution in [3.05, 3.63) is 23.4 Å². The summed E-state index contributed by atoms with van der Waals surface area (Å²) < 4.78 is 38.0. The van der Waals surface area contributed by atoms with Gasteiger partial charge in [0.15, 0.2) is 0 Å². The van der Waals surface area contributed by atoms with Gasteiger partial charge in [-0.2, -0.15) is 18.3 Å². The lowest BCUT2D eigenvalue weighted by molar-refractivity contribution is -0.140. The molecule has 0 aliphatic rings. The van der Waals surface area contributed by atoms with Crippen molar-refractivity contribution in [3.63, 3.8) is 0 Å². The van der Waals surface area contributed by atoms with Gasteiger partial charge in [0, 0.05) is 10.3 Å². The van der Waals surface area contributed by atoms with Crippen LogP contribution in [-0.2, 0) is 6.18 Å². The molecule has 1 N–H and O–H groups in total. The molecule has 0 aliphatic carbocycles. The van der Waals surface area contributed by atoms with Crippen molar-refractivity contribution in [2.45, 2.75) is 18.0 Å². The maximum absolute atomic E-state index is 12.7. The Morgan fingerprint density at radius 1 is 1.40 bits per heavy atom. The molecule has 1 aromatic carbocycles. The summed E-state index contributed by atoms with van der Waals surface area (Å²) >= 11 is 3.91. The third-order valence-corrected chi connectivity index (χ3v) is 2.66. The SMILES string of the molecule is Cc1cc2[nH]ncc2c(S)c1C(F)(F)F. The summed E-state index contributed by atoms with van der Waals surface area (Å²) in [6.07, 6.45) is -3.04. The zero-order valence-electron chi connectivity index (χ0n) is 7.68. The number of benzene rings is 1. The highest BCUT2D eigenvalue weighted by molar-refractivity contribution is 7.80. The summed E-state index contributed by atoms with van der Waals surface area (Å²) in [5.41, 5.74) is 0.00878. The van der Waals surface area contributed by atoms with E-state index in [0.29, 0.717) is 10.9 Å². The highest BCUT2D eigenvalue weighted by Gasteiger charge is 2.35. The number of hydrogen-bond acceptors (Lipinski definition) is 2. The van der Waals surface area contributed by atoms with E-state index in [1.165, 1.54) is 19.2 Å². The van der Waals surface area contributed by atoms with E-state index in [4.69, 9.17) is 0 Å². The van der Waals surface area contributed by atoms with Crippen molar-refractivity contribution in [2.75, 3.05) is 0 Å². The van der Waals surface area contributed by atoms with E-state index in [2.05, 4.69) is 22.8 Å². The van der Waals surface area contributed by atoms with E-state index >= 15 is 0 Å². The van der Waals surface area contributed by atoms with E-state index in [1.54, 1.807) is 0 Å². The van der Waals surface area contributed by atoms with Gasteiger partial charge in [-0.1, -0.05) is 0 Å². The van der Waals surface area contributed by atoms with Crippen molar-refractivity contribution in [3.8, 4) is 0 Å². The van der Waals surface area contributed by atoms with E-state index in [-0.39, 0.29) is 10.5 Å². The Balaban J connectivity index is 2.84. The summed E-state index contributed by atoms with van der Waals surface area (Å²) in [5.74, 6) is 0. The molecule has 0 saturated heterocycles. The fourth-order valence-corrected chi connectivity index (χ4v) is 2.04. The van der Waals surface area contributed by atoms with Gasteiger partial charge in [0.1, 0.15) is 0 Å². The molecule has 0 amide bonds. The van der Waals surface area contributed by atoms with Crippen LogP contribution in [0.3, 0.4) is 0 Å². The molecule has 80 valence electrons. The van der Waals surface area contributed by atoms with E-state index in [1.807, 2.05) is 0 Å². The first-order valence-electron chi connectivity index (χ1n) is 4.14. The number of H-pyrrole nitrogens is 1. The van der Waals surface area contributed by atoms with Crippen LogP contribution in [0.15, 0.2) is 17.2 Å².